The van der Waals surface area contributed by atoms with Gasteiger partial charge in [-0.3, -0.25) is 9.59 Å². The third kappa shape index (κ3) is 4.49. The van der Waals surface area contributed by atoms with Gasteiger partial charge < -0.3 is 19.5 Å². The van der Waals surface area contributed by atoms with Crippen LogP contribution in [0.25, 0.3) is 10.8 Å². The van der Waals surface area contributed by atoms with Gasteiger partial charge in [0.25, 0.3) is 0 Å². The number of hydrazone groups is 1. The van der Waals surface area contributed by atoms with Crippen LogP contribution in [0.5, 0.6) is 17.2 Å². The Hall–Kier alpha value is -4.07. The number of hydrogen-bond donors (Lipinski definition) is 2. The van der Waals surface area contributed by atoms with E-state index < -0.39 is 11.8 Å². The first-order valence-electron chi connectivity index (χ1n) is 8.99. The van der Waals surface area contributed by atoms with Crippen LogP contribution in [0, 0.1) is 0 Å². The van der Waals surface area contributed by atoms with Crippen LogP contribution < -0.4 is 25.0 Å². The number of anilines is 1. The van der Waals surface area contributed by atoms with E-state index in [4.69, 9.17) is 14.2 Å². The normalized spacial score (nSPS) is 10.6. The second-order valence-electron chi connectivity index (χ2n) is 6.13. The maximum atomic E-state index is 12.2. The first-order valence-corrected chi connectivity index (χ1v) is 8.99. The van der Waals surface area contributed by atoms with Gasteiger partial charge in [-0.15, -0.1) is 0 Å². The predicted molar refractivity (Wildman–Crippen MR) is 114 cm³/mol. The summed E-state index contributed by atoms with van der Waals surface area (Å²) in [6.45, 7) is 0. The summed E-state index contributed by atoms with van der Waals surface area (Å²) in [4.78, 5) is 24.4. The Morgan fingerprint density at radius 3 is 2.23 bits per heavy atom. The van der Waals surface area contributed by atoms with Gasteiger partial charge in [0.05, 0.1) is 27.5 Å². The van der Waals surface area contributed by atoms with Gasteiger partial charge in [0.1, 0.15) is 5.75 Å². The Bertz CT molecular complexity index is 1110. The molecule has 30 heavy (non-hydrogen) atoms. The Balaban J connectivity index is 1.70. The summed E-state index contributed by atoms with van der Waals surface area (Å²) in [7, 11) is 4.51. The van der Waals surface area contributed by atoms with Gasteiger partial charge in [-0.2, -0.15) is 5.10 Å². The second kappa shape index (κ2) is 9.42. The lowest BCUT2D eigenvalue weighted by molar-refractivity contribution is -0.136. The third-order valence-corrected chi connectivity index (χ3v) is 4.35. The minimum absolute atomic E-state index is 0.464. The fraction of sp³-hybridized carbons (Fsp3) is 0.136. The van der Waals surface area contributed by atoms with Gasteiger partial charge in [-0.05, 0) is 17.5 Å². The molecule has 3 rings (SSSR count). The van der Waals surface area contributed by atoms with Crippen LogP contribution in [0.1, 0.15) is 5.56 Å². The number of benzene rings is 3. The van der Waals surface area contributed by atoms with Crippen LogP contribution >= 0.6 is 0 Å². The highest BCUT2D eigenvalue weighted by Gasteiger charge is 2.15. The number of hydrogen-bond acceptors (Lipinski definition) is 6. The van der Waals surface area contributed by atoms with E-state index in [2.05, 4.69) is 15.8 Å². The van der Waals surface area contributed by atoms with Crippen molar-refractivity contribution in [2.24, 2.45) is 5.10 Å². The molecule has 0 aliphatic heterocycles. The number of methoxy groups -OCH3 is 3. The molecule has 154 valence electrons. The molecular weight excluding hydrogens is 386 g/mol. The number of carbonyl (C=O) groups excluding carboxylic acids is 2. The van der Waals surface area contributed by atoms with Gasteiger partial charge in [0.2, 0.25) is 0 Å². The summed E-state index contributed by atoms with van der Waals surface area (Å²) in [5.41, 5.74) is 3.28. The maximum Gasteiger partial charge on any atom is 0.329 e. The first kappa shape index (κ1) is 20.7. The number of rotatable bonds is 6. The maximum absolute atomic E-state index is 12.2. The number of carbonyl (C=O) groups is 2. The molecule has 0 atom stereocenters. The van der Waals surface area contributed by atoms with Gasteiger partial charge in [0, 0.05) is 22.7 Å². The molecule has 0 bridgehead atoms. The quantitative estimate of drug-likeness (QED) is 0.372. The van der Waals surface area contributed by atoms with Crippen LogP contribution in [0.15, 0.2) is 59.7 Å². The Morgan fingerprint density at radius 2 is 1.50 bits per heavy atom. The highest BCUT2D eigenvalue weighted by atomic mass is 16.5. The van der Waals surface area contributed by atoms with Gasteiger partial charge in [-0.25, -0.2) is 5.43 Å². The zero-order valence-corrected chi connectivity index (χ0v) is 16.8. The molecule has 0 aromatic heterocycles. The molecule has 0 radical (unpaired) electrons. The topological polar surface area (TPSA) is 98.2 Å². The van der Waals surface area contributed by atoms with E-state index in [0.717, 1.165) is 10.8 Å². The number of nitrogens with zero attached hydrogens (tertiary/aromatic N) is 1. The molecule has 0 saturated heterocycles. The average molecular weight is 407 g/mol. The molecule has 0 saturated carbocycles. The van der Waals surface area contributed by atoms with E-state index in [1.54, 1.807) is 24.3 Å². The molecule has 0 spiro atoms. The molecular formula is C22H21N3O5. The van der Waals surface area contributed by atoms with E-state index in [1.807, 2.05) is 30.3 Å². The van der Waals surface area contributed by atoms with Gasteiger partial charge in [0.15, 0.2) is 11.5 Å². The van der Waals surface area contributed by atoms with E-state index in [9.17, 15) is 9.59 Å². The van der Waals surface area contributed by atoms with Crippen molar-refractivity contribution in [3.63, 3.8) is 0 Å². The van der Waals surface area contributed by atoms with Crippen molar-refractivity contribution in [3.8, 4) is 17.2 Å². The van der Waals surface area contributed by atoms with E-state index >= 15 is 0 Å². The van der Waals surface area contributed by atoms with Crippen LogP contribution in [0.4, 0.5) is 5.69 Å². The number of fused-ring (bicyclic) bond motifs is 1. The van der Waals surface area contributed by atoms with Crippen molar-refractivity contribution in [1.82, 2.24) is 5.43 Å². The number of nitrogens with one attached hydrogen (secondary N) is 2. The highest BCUT2D eigenvalue weighted by molar-refractivity contribution is 6.40. The molecule has 0 fully saturated rings. The number of ether oxygens (including phenoxy) is 3. The molecule has 8 heteroatoms. The zero-order chi connectivity index (χ0) is 21.5. The summed E-state index contributed by atoms with van der Waals surface area (Å²) in [5, 5.41) is 8.23. The summed E-state index contributed by atoms with van der Waals surface area (Å²) in [6.07, 6.45) is 1.35. The lowest BCUT2D eigenvalue weighted by atomic mass is 10.1. The van der Waals surface area contributed by atoms with Crippen molar-refractivity contribution < 1.29 is 23.8 Å². The molecule has 3 aromatic carbocycles. The fourth-order valence-corrected chi connectivity index (χ4v) is 2.88. The molecule has 3 aromatic rings. The highest BCUT2D eigenvalue weighted by Crippen LogP contribution is 2.33. The van der Waals surface area contributed by atoms with Crippen molar-refractivity contribution in [1.29, 1.82) is 0 Å². The van der Waals surface area contributed by atoms with Crippen LogP contribution in [-0.4, -0.2) is 39.4 Å². The Labute approximate surface area is 173 Å². The van der Waals surface area contributed by atoms with Gasteiger partial charge in [-0.1, -0.05) is 36.4 Å². The standard InChI is InChI=1S/C22H21N3O5/c1-28-18-12-20(30-3)19(29-2)11-15(18)13-23-25-22(27)21(26)24-17-10-6-8-14-7-4-5-9-16(14)17/h4-13H,1-3H3,(H,24,26)(H,25,27)/b23-13+. The molecule has 0 heterocycles. The van der Waals surface area contributed by atoms with Crippen molar-refractivity contribution in [3.05, 3.63) is 60.2 Å². The summed E-state index contributed by atoms with van der Waals surface area (Å²) < 4.78 is 15.8. The Kier molecular flexibility index (Phi) is 6.49. The Morgan fingerprint density at radius 1 is 0.833 bits per heavy atom. The van der Waals surface area contributed by atoms with Crippen molar-refractivity contribution in [2.45, 2.75) is 0 Å². The second-order valence-corrected chi connectivity index (χ2v) is 6.13. The molecule has 0 aliphatic carbocycles. The lowest BCUT2D eigenvalue weighted by Gasteiger charge is -2.11. The number of amides is 2. The average Bonchev–Trinajstić information content (AvgIpc) is 2.78. The summed E-state index contributed by atoms with van der Waals surface area (Å²) >= 11 is 0. The monoisotopic (exact) mass is 407 g/mol. The predicted octanol–water partition coefficient (Wildman–Crippen LogP) is 2.95. The summed E-state index contributed by atoms with van der Waals surface area (Å²) in [5.74, 6) is -0.308. The molecule has 2 amide bonds. The van der Waals surface area contributed by atoms with E-state index in [-0.39, 0.29) is 0 Å². The summed E-state index contributed by atoms with van der Waals surface area (Å²) in [6, 6.07) is 16.3. The van der Waals surface area contributed by atoms with Crippen molar-refractivity contribution in [2.75, 3.05) is 26.6 Å². The minimum atomic E-state index is -0.904. The van der Waals surface area contributed by atoms with E-state index in [1.165, 1.54) is 27.5 Å². The third-order valence-electron chi connectivity index (χ3n) is 4.35. The molecule has 0 unspecified atom stereocenters. The fourth-order valence-electron chi connectivity index (χ4n) is 2.88. The van der Waals surface area contributed by atoms with Crippen molar-refractivity contribution >= 4 is 34.5 Å². The minimum Gasteiger partial charge on any atom is -0.496 e. The van der Waals surface area contributed by atoms with E-state index in [0.29, 0.717) is 28.5 Å². The largest absolute Gasteiger partial charge is 0.496 e. The molecule has 2 N–H and O–H groups in total. The van der Waals surface area contributed by atoms with Crippen LogP contribution in [-0.2, 0) is 9.59 Å². The van der Waals surface area contributed by atoms with Gasteiger partial charge >= 0.3 is 11.8 Å². The smallest absolute Gasteiger partial charge is 0.329 e. The zero-order valence-electron chi connectivity index (χ0n) is 16.8. The molecule has 8 nitrogen and oxygen atoms in total. The van der Waals surface area contributed by atoms with Crippen LogP contribution in [0.2, 0.25) is 0 Å². The van der Waals surface area contributed by atoms with Crippen LogP contribution in [0.3, 0.4) is 0 Å². The molecule has 0 aliphatic rings. The lowest BCUT2D eigenvalue weighted by Crippen LogP contribution is -2.32. The first-order chi connectivity index (χ1) is 14.6. The SMILES string of the molecule is COc1cc(OC)c(OC)cc1/C=N/NC(=O)C(=O)Nc1cccc2ccccc12.